The lowest BCUT2D eigenvalue weighted by Gasteiger charge is -2.19. The fourth-order valence-corrected chi connectivity index (χ4v) is 4.45. The first-order valence-corrected chi connectivity index (χ1v) is 12.1. The van der Waals surface area contributed by atoms with Crippen molar-refractivity contribution in [3.63, 3.8) is 0 Å². The summed E-state index contributed by atoms with van der Waals surface area (Å²) >= 11 is 1.61. The van der Waals surface area contributed by atoms with Gasteiger partial charge in [-0.1, -0.05) is 12.1 Å². The molecule has 3 rings (SSSR count). The first kappa shape index (κ1) is 26.7. The highest BCUT2D eigenvalue weighted by Gasteiger charge is 2.19. The summed E-state index contributed by atoms with van der Waals surface area (Å²) in [5.74, 6) is -0.393. The third-order valence-electron chi connectivity index (χ3n) is 5.08. The third kappa shape index (κ3) is 7.06. The molecule has 1 amide bonds. The van der Waals surface area contributed by atoms with E-state index >= 15 is 0 Å². The Bertz CT molecular complexity index is 1230. The number of hydrogen-bond acceptors (Lipinski definition) is 6. The fraction of sp³-hybridized carbons (Fsp3) is 0.385. The zero-order chi connectivity index (χ0) is 25.8. The maximum absolute atomic E-state index is 14.9. The Morgan fingerprint density at radius 2 is 2.03 bits per heavy atom. The highest BCUT2D eigenvalue weighted by atomic mass is 32.2. The van der Waals surface area contributed by atoms with Gasteiger partial charge in [-0.3, -0.25) is 4.31 Å². The minimum absolute atomic E-state index is 0.00930. The van der Waals surface area contributed by atoms with E-state index in [9.17, 15) is 14.3 Å². The second kappa shape index (κ2) is 11.2. The zero-order valence-electron chi connectivity index (χ0n) is 21.1. The van der Waals surface area contributed by atoms with Crippen LogP contribution in [0.1, 0.15) is 32.2 Å². The molecule has 0 fully saturated rings. The molecule has 3 aromatic rings. The van der Waals surface area contributed by atoms with E-state index in [1.807, 2.05) is 54.2 Å². The number of carbonyl (C=O) groups excluding carboxylic acids is 1. The van der Waals surface area contributed by atoms with Crippen molar-refractivity contribution in [3.05, 3.63) is 59.7 Å². The average molecular weight is 501 g/mol. The standard InChI is InChI=1S/C26H33FN4O3S/c1-17-23(18-8-7-9-21(14-18)35-30(5)6)24-22(11-10-20(16-32)29-24)31(17)15-19(27)12-13-28-25(33)34-26(2,3)4/h7-12,14,32H,13,15-16H2,1-6H3,(H,28,33)/b19-12-. The average Bonchev–Trinajstić information content (AvgIpc) is 3.02. The van der Waals surface area contributed by atoms with Crippen LogP contribution >= 0.6 is 11.9 Å². The normalized spacial score (nSPS) is 12.4. The maximum atomic E-state index is 14.9. The predicted octanol–water partition coefficient (Wildman–Crippen LogP) is 5.45. The van der Waals surface area contributed by atoms with Crippen LogP contribution in [0.4, 0.5) is 9.18 Å². The van der Waals surface area contributed by atoms with Crippen LogP contribution < -0.4 is 5.32 Å². The second-order valence-corrected chi connectivity index (χ2v) is 10.7. The van der Waals surface area contributed by atoms with E-state index in [1.54, 1.807) is 38.8 Å². The number of nitrogens with zero attached hydrogens (tertiary/aromatic N) is 3. The summed E-state index contributed by atoms with van der Waals surface area (Å²) in [6, 6.07) is 11.7. The number of benzene rings is 1. The molecule has 0 spiro atoms. The van der Waals surface area contributed by atoms with Gasteiger partial charge >= 0.3 is 6.09 Å². The highest BCUT2D eigenvalue weighted by molar-refractivity contribution is 7.97. The number of aliphatic hydroxyl groups is 1. The van der Waals surface area contributed by atoms with Gasteiger partial charge in [0.1, 0.15) is 11.4 Å². The molecule has 35 heavy (non-hydrogen) atoms. The lowest BCUT2D eigenvalue weighted by molar-refractivity contribution is 0.0534. The third-order valence-corrected chi connectivity index (χ3v) is 5.91. The van der Waals surface area contributed by atoms with Crippen molar-refractivity contribution in [3.8, 4) is 11.1 Å². The van der Waals surface area contributed by atoms with Crippen molar-refractivity contribution >= 4 is 29.1 Å². The molecule has 2 aromatic heterocycles. The van der Waals surface area contributed by atoms with Crippen molar-refractivity contribution < 1.29 is 19.0 Å². The van der Waals surface area contributed by atoms with Crippen LogP contribution in [0.2, 0.25) is 0 Å². The van der Waals surface area contributed by atoms with Gasteiger partial charge in [-0.15, -0.1) is 0 Å². The van der Waals surface area contributed by atoms with Crippen LogP contribution in [0.5, 0.6) is 0 Å². The Labute approximate surface area is 210 Å². The molecule has 1 aromatic carbocycles. The number of nitrogens with one attached hydrogen (secondary N) is 1. The topological polar surface area (TPSA) is 79.6 Å². The summed E-state index contributed by atoms with van der Waals surface area (Å²) in [6.07, 6.45) is 0.737. The first-order valence-electron chi connectivity index (χ1n) is 11.3. The number of rotatable bonds is 8. The van der Waals surface area contributed by atoms with Crippen molar-refractivity contribution in [1.82, 2.24) is 19.2 Å². The van der Waals surface area contributed by atoms with Crippen LogP contribution in [0, 0.1) is 6.92 Å². The fourth-order valence-electron chi connectivity index (χ4n) is 3.71. The molecule has 0 saturated heterocycles. The van der Waals surface area contributed by atoms with Gasteiger partial charge in [0.05, 0.1) is 29.9 Å². The number of hydrogen-bond donors (Lipinski definition) is 2. The molecule has 0 radical (unpaired) electrons. The summed E-state index contributed by atoms with van der Waals surface area (Å²) in [5.41, 5.74) is 4.13. The van der Waals surface area contributed by atoms with Crippen LogP contribution in [0.3, 0.4) is 0 Å². The van der Waals surface area contributed by atoms with Crippen molar-refractivity contribution in [2.75, 3.05) is 20.6 Å². The number of ether oxygens (including phenoxy) is 1. The first-order chi connectivity index (χ1) is 16.5. The van der Waals surface area contributed by atoms with E-state index in [0.717, 1.165) is 27.2 Å². The molecule has 2 heterocycles. The number of aromatic nitrogens is 2. The van der Waals surface area contributed by atoms with E-state index in [2.05, 4.69) is 16.4 Å². The summed E-state index contributed by atoms with van der Waals surface area (Å²) in [4.78, 5) is 17.6. The van der Waals surface area contributed by atoms with Crippen molar-refractivity contribution in [2.45, 2.75) is 51.3 Å². The molecule has 9 heteroatoms. The Kier molecular flexibility index (Phi) is 8.58. The molecule has 188 valence electrons. The summed E-state index contributed by atoms with van der Waals surface area (Å²) in [5, 5.41) is 12.2. The Hall–Kier alpha value is -2.88. The van der Waals surface area contributed by atoms with Crippen LogP contribution in [0.25, 0.3) is 22.2 Å². The van der Waals surface area contributed by atoms with Gasteiger partial charge in [0.25, 0.3) is 0 Å². The molecule has 0 atom stereocenters. The van der Waals surface area contributed by atoms with Gasteiger partial charge in [-0.05, 0) is 89.6 Å². The van der Waals surface area contributed by atoms with Gasteiger partial charge in [0.2, 0.25) is 0 Å². The number of allylic oxidation sites excluding steroid dienone is 1. The molecular formula is C26H33FN4O3S. The largest absolute Gasteiger partial charge is 0.444 e. The van der Waals surface area contributed by atoms with Crippen LogP contribution in [0.15, 0.2) is 53.2 Å². The quantitative estimate of drug-likeness (QED) is 0.401. The number of pyridine rings is 1. The Balaban J connectivity index is 1.94. The minimum Gasteiger partial charge on any atom is -0.444 e. The van der Waals surface area contributed by atoms with Crippen LogP contribution in [-0.4, -0.2) is 51.3 Å². The summed E-state index contributed by atoms with van der Waals surface area (Å²) in [6.45, 7) is 7.07. The van der Waals surface area contributed by atoms with Gasteiger partial charge in [-0.25, -0.2) is 14.2 Å². The van der Waals surface area contributed by atoms with Crippen molar-refractivity contribution in [2.24, 2.45) is 0 Å². The van der Waals surface area contributed by atoms with Gasteiger partial charge in [0, 0.05) is 22.7 Å². The molecular weight excluding hydrogens is 467 g/mol. The van der Waals surface area contributed by atoms with E-state index in [1.165, 1.54) is 6.08 Å². The molecule has 7 nitrogen and oxygen atoms in total. The number of aliphatic hydroxyl groups excluding tert-OH is 1. The Morgan fingerprint density at radius 1 is 1.29 bits per heavy atom. The number of fused-ring (bicyclic) bond motifs is 1. The predicted molar refractivity (Wildman–Crippen MR) is 139 cm³/mol. The number of alkyl carbamates (subject to hydrolysis) is 1. The second-order valence-electron chi connectivity index (χ2n) is 9.34. The summed E-state index contributed by atoms with van der Waals surface area (Å²) < 4.78 is 24.0. The number of amides is 1. The van der Waals surface area contributed by atoms with E-state index in [-0.39, 0.29) is 19.7 Å². The lowest BCUT2D eigenvalue weighted by atomic mass is 10.1. The molecule has 0 aliphatic carbocycles. The minimum atomic E-state index is -0.618. The molecule has 0 aliphatic rings. The van der Waals surface area contributed by atoms with Crippen molar-refractivity contribution in [1.29, 1.82) is 0 Å². The smallest absolute Gasteiger partial charge is 0.407 e. The molecule has 0 saturated carbocycles. The zero-order valence-corrected chi connectivity index (χ0v) is 21.9. The maximum Gasteiger partial charge on any atom is 0.407 e. The van der Waals surface area contributed by atoms with E-state index in [4.69, 9.17) is 4.74 Å². The van der Waals surface area contributed by atoms with Gasteiger partial charge in [-0.2, -0.15) is 0 Å². The molecule has 0 aliphatic heterocycles. The summed E-state index contributed by atoms with van der Waals surface area (Å²) in [7, 11) is 3.96. The van der Waals surface area contributed by atoms with Gasteiger partial charge < -0.3 is 19.7 Å². The SMILES string of the molecule is Cc1c(-c2cccc(SN(C)C)c2)c2nc(CO)ccc2n1C/C(F)=C/CNC(=O)OC(C)(C)C. The Morgan fingerprint density at radius 3 is 2.69 bits per heavy atom. The lowest BCUT2D eigenvalue weighted by Crippen LogP contribution is -2.32. The molecule has 0 unspecified atom stereocenters. The number of halogens is 1. The van der Waals surface area contributed by atoms with Gasteiger partial charge in [0.15, 0.2) is 0 Å². The number of carbonyl (C=O) groups is 1. The monoisotopic (exact) mass is 500 g/mol. The van der Waals surface area contributed by atoms with Crippen LogP contribution in [-0.2, 0) is 17.9 Å². The van der Waals surface area contributed by atoms with E-state index in [0.29, 0.717) is 11.2 Å². The van der Waals surface area contributed by atoms with E-state index < -0.39 is 17.5 Å². The molecule has 0 bridgehead atoms. The molecule has 2 N–H and O–H groups in total. The highest BCUT2D eigenvalue weighted by Crippen LogP contribution is 2.36.